The molecule has 2 N–H and O–H groups in total. The van der Waals surface area contributed by atoms with Gasteiger partial charge in [0.1, 0.15) is 18.2 Å². The van der Waals surface area contributed by atoms with Crippen molar-refractivity contribution in [2.75, 3.05) is 6.61 Å². The van der Waals surface area contributed by atoms with Crippen LogP contribution in [-0.2, 0) is 19.9 Å². The van der Waals surface area contributed by atoms with E-state index in [0.29, 0.717) is 16.7 Å². The van der Waals surface area contributed by atoms with Crippen molar-refractivity contribution in [1.82, 2.24) is 10.6 Å². The van der Waals surface area contributed by atoms with E-state index in [9.17, 15) is 36.3 Å². The fraction of sp³-hybridized carbons (Fsp3) is 0.133. The summed E-state index contributed by atoms with van der Waals surface area (Å²) >= 11 is 0. The van der Waals surface area contributed by atoms with Gasteiger partial charge in [-0.25, -0.2) is 22.8 Å². The van der Waals surface area contributed by atoms with E-state index in [4.69, 9.17) is 9.47 Å². The monoisotopic (exact) mass is 776 g/mol. The summed E-state index contributed by atoms with van der Waals surface area (Å²) in [5.74, 6) is -16.4. The molecule has 7 nitrogen and oxygen atoms in total. The summed E-state index contributed by atoms with van der Waals surface area (Å²) < 4.78 is 81.5. The van der Waals surface area contributed by atoms with Crippen LogP contribution in [0.5, 0.6) is 5.75 Å². The Labute approximate surface area is 324 Å². The van der Waals surface area contributed by atoms with Crippen molar-refractivity contribution in [3.63, 3.8) is 0 Å². The Kier molecular flexibility index (Phi) is 11.1. The van der Waals surface area contributed by atoms with Crippen molar-refractivity contribution in [2.45, 2.75) is 30.3 Å². The number of hydrogen-bond acceptors (Lipinski definition) is 5. The van der Waals surface area contributed by atoms with Crippen LogP contribution in [0.25, 0.3) is 11.1 Å². The summed E-state index contributed by atoms with van der Waals surface area (Å²) in [6, 6.07) is 40.6. The maximum atomic E-state index is 14.6. The third-order valence-electron chi connectivity index (χ3n) is 9.90. The molecule has 6 aromatic carbocycles. The minimum absolute atomic E-state index is 0.187. The Balaban J connectivity index is 1.15. The van der Waals surface area contributed by atoms with Gasteiger partial charge in [0.2, 0.25) is 40.7 Å². The number of nitrogens with one attached hydrogen (secondary N) is 2. The highest BCUT2D eigenvalue weighted by Gasteiger charge is 2.39. The maximum Gasteiger partial charge on any atom is 0.407 e. The summed E-state index contributed by atoms with van der Waals surface area (Å²) in [5.41, 5.74) is 4.50. The molecule has 7 rings (SSSR count). The van der Waals surface area contributed by atoms with E-state index < -0.39 is 77.2 Å². The highest BCUT2D eigenvalue weighted by Crippen LogP contribution is 2.44. The Bertz CT molecular complexity index is 2260. The molecule has 288 valence electrons. The largest absolute Gasteiger partial charge is 0.449 e. The van der Waals surface area contributed by atoms with Crippen molar-refractivity contribution >= 4 is 18.0 Å². The summed E-state index contributed by atoms with van der Waals surface area (Å²) in [5, 5.41) is 5.38. The molecular weight excluding hydrogens is 743 g/mol. The molecule has 0 saturated carbocycles. The van der Waals surface area contributed by atoms with E-state index in [1.165, 1.54) is 0 Å². The van der Waals surface area contributed by atoms with E-state index in [0.717, 1.165) is 22.3 Å². The molecule has 0 heterocycles. The predicted octanol–water partition coefficient (Wildman–Crippen LogP) is 9.08. The molecule has 1 atom stereocenters. The normalized spacial score (nSPS) is 12.6. The molecule has 57 heavy (non-hydrogen) atoms. The highest BCUT2D eigenvalue weighted by molar-refractivity contribution is 5.85. The second kappa shape index (κ2) is 16.5. The molecule has 1 aliphatic rings. The minimum atomic E-state index is -2.45. The lowest BCUT2D eigenvalue weighted by atomic mass is 9.77. The zero-order chi connectivity index (χ0) is 40.1. The average molecular weight is 777 g/mol. The molecule has 0 fully saturated rings. The highest BCUT2D eigenvalue weighted by atomic mass is 19.2. The zero-order valence-electron chi connectivity index (χ0n) is 30.0. The number of benzene rings is 6. The summed E-state index contributed by atoms with van der Waals surface area (Å²) in [6.45, 7) is -0.187. The number of carbonyl (C=O) groups is 3. The number of ether oxygens (including phenoxy) is 2. The van der Waals surface area contributed by atoms with E-state index in [-0.39, 0.29) is 12.5 Å². The van der Waals surface area contributed by atoms with Gasteiger partial charge in [-0.3, -0.25) is 4.79 Å². The molecule has 0 aromatic heterocycles. The van der Waals surface area contributed by atoms with E-state index >= 15 is 0 Å². The fourth-order valence-electron chi connectivity index (χ4n) is 7.21. The predicted molar refractivity (Wildman–Crippen MR) is 200 cm³/mol. The minimum Gasteiger partial charge on any atom is -0.449 e. The van der Waals surface area contributed by atoms with Crippen LogP contribution in [0.3, 0.4) is 0 Å². The standard InChI is InChI=1S/C45H33F5N2O5/c46-37-38(47)40(49)42(41(50)39(37)48)57-43(54)35(51-44(55)56-26-34-32-22-12-10-20-30(32)31-21-11-13-23-33(31)34)24-25-36(53)52-45(27-14-4-1-5-15-27,28-16-6-2-7-17-28)29-18-8-3-9-19-29/h1-23,34-35H,24-26H2,(H,51,55)(H,52,53)/t35-/m1/s1. The Hall–Kier alpha value is -6.82. The van der Waals surface area contributed by atoms with Crippen molar-refractivity contribution in [1.29, 1.82) is 0 Å². The Morgan fingerprint density at radius 2 is 1.00 bits per heavy atom. The SMILES string of the molecule is O=C(CC[C@@H](NC(=O)OCC1c2ccccc2-c2ccccc21)C(=O)Oc1c(F)c(F)c(F)c(F)c1F)NC(c1ccccc1)(c1ccccc1)c1ccccc1. The fourth-order valence-corrected chi connectivity index (χ4v) is 7.21. The third-order valence-corrected chi connectivity index (χ3v) is 9.90. The molecule has 0 bridgehead atoms. The van der Waals surface area contributed by atoms with Crippen molar-refractivity contribution < 1.29 is 45.8 Å². The van der Waals surface area contributed by atoms with Gasteiger partial charge in [0.15, 0.2) is 0 Å². The quantitative estimate of drug-likeness (QED) is 0.0323. The molecular formula is C45H33F5N2O5. The lowest BCUT2D eigenvalue weighted by Gasteiger charge is -2.37. The molecule has 2 amide bonds. The van der Waals surface area contributed by atoms with Crippen LogP contribution < -0.4 is 15.4 Å². The molecule has 0 saturated heterocycles. The van der Waals surface area contributed by atoms with E-state index in [1.54, 1.807) is 0 Å². The van der Waals surface area contributed by atoms with Crippen LogP contribution >= 0.6 is 0 Å². The number of alkyl carbamates (subject to hydrolysis) is 1. The first-order chi connectivity index (χ1) is 27.6. The van der Waals surface area contributed by atoms with E-state index in [1.807, 2.05) is 140 Å². The molecule has 1 aliphatic carbocycles. The van der Waals surface area contributed by atoms with Gasteiger partial charge in [0.25, 0.3) is 0 Å². The lowest BCUT2D eigenvalue weighted by Crippen LogP contribution is -2.49. The van der Waals surface area contributed by atoms with Gasteiger partial charge in [-0.05, 0) is 45.4 Å². The molecule has 0 spiro atoms. The maximum absolute atomic E-state index is 14.6. The van der Waals surface area contributed by atoms with Gasteiger partial charge in [0, 0.05) is 12.3 Å². The summed E-state index contributed by atoms with van der Waals surface area (Å²) in [6.07, 6.45) is -2.20. The van der Waals surface area contributed by atoms with Crippen LogP contribution in [0.15, 0.2) is 140 Å². The van der Waals surface area contributed by atoms with Gasteiger partial charge >= 0.3 is 12.1 Å². The van der Waals surface area contributed by atoms with Crippen LogP contribution in [0.4, 0.5) is 26.7 Å². The molecule has 0 unspecified atom stereocenters. The first-order valence-electron chi connectivity index (χ1n) is 17.9. The number of fused-ring (bicyclic) bond motifs is 3. The van der Waals surface area contributed by atoms with Gasteiger partial charge in [-0.2, -0.15) is 8.78 Å². The molecule has 6 aromatic rings. The Morgan fingerprint density at radius 1 is 0.579 bits per heavy atom. The number of rotatable bonds is 12. The van der Waals surface area contributed by atoms with Crippen LogP contribution in [0, 0.1) is 29.1 Å². The number of esters is 1. The third kappa shape index (κ3) is 7.58. The van der Waals surface area contributed by atoms with E-state index in [2.05, 4.69) is 10.6 Å². The molecule has 0 aliphatic heterocycles. The lowest BCUT2D eigenvalue weighted by molar-refractivity contribution is -0.137. The summed E-state index contributed by atoms with van der Waals surface area (Å²) in [7, 11) is 0. The van der Waals surface area contributed by atoms with Crippen LogP contribution in [0.1, 0.15) is 46.6 Å². The number of carbonyl (C=O) groups excluding carboxylic acids is 3. The topological polar surface area (TPSA) is 93.7 Å². The van der Waals surface area contributed by atoms with Gasteiger partial charge in [0.05, 0.1) is 0 Å². The second-order valence-corrected chi connectivity index (χ2v) is 13.3. The van der Waals surface area contributed by atoms with Crippen molar-refractivity contribution in [3.05, 3.63) is 196 Å². The molecule has 0 radical (unpaired) electrons. The molecule has 12 heteroatoms. The van der Waals surface area contributed by atoms with Gasteiger partial charge in [-0.15, -0.1) is 0 Å². The number of hydrogen-bond donors (Lipinski definition) is 2. The zero-order valence-corrected chi connectivity index (χ0v) is 30.0. The average Bonchev–Trinajstić information content (AvgIpc) is 3.57. The van der Waals surface area contributed by atoms with Gasteiger partial charge < -0.3 is 20.1 Å². The summed E-state index contributed by atoms with van der Waals surface area (Å²) in [4.78, 5) is 40.9. The Morgan fingerprint density at radius 3 is 1.47 bits per heavy atom. The van der Waals surface area contributed by atoms with Crippen molar-refractivity contribution in [3.8, 4) is 16.9 Å². The number of halogens is 5. The van der Waals surface area contributed by atoms with Crippen LogP contribution in [0.2, 0.25) is 0 Å². The smallest absolute Gasteiger partial charge is 0.407 e. The second-order valence-electron chi connectivity index (χ2n) is 13.3. The van der Waals surface area contributed by atoms with Crippen molar-refractivity contribution in [2.24, 2.45) is 0 Å². The van der Waals surface area contributed by atoms with Crippen LogP contribution in [-0.4, -0.2) is 30.6 Å². The first-order valence-corrected chi connectivity index (χ1v) is 17.9. The van der Waals surface area contributed by atoms with Gasteiger partial charge in [-0.1, -0.05) is 140 Å². The first kappa shape index (κ1) is 38.5. The number of amides is 2.